The van der Waals surface area contributed by atoms with E-state index in [4.69, 9.17) is 14.2 Å². The largest absolute Gasteiger partial charge is 0.493 e. The predicted molar refractivity (Wildman–Crippen MR) is 88.5 cm³/mol. The Morgan fingerprint density at radius 3 is 2.75 bits per heavy atom. The van der Waals surface area contributed by atoms with Crippen LogP contribution in [0, 0.1) is 11.3 Å². The fourth-order valence-electron chi connectivity index (χ4n) is 2.54. The Kier molecular flexibility index (Phi) is 6.85. The summed E-state index contributed by atoms with van der Waals surface area (Å²) in [5, 5.41) is 11.7. The predicted octanol–water partition coefficient (Wildman–Crippen LogP) is 1.03. The Bertz CT molecular complexity index is 607. The van der Waals surface area contributed by atoms with Crippen LogP contribution in [-0.4, -0.2) is 64.4 Å². The van der Waals surface area contributed by atoms with E-state index in [9.17, 15) is 10.1 Å². The Hall–Kier alpha value is -2.30. The van der Waals surface area contributed by atoms with E-state index in [0.717, 1.165) is 39.3 Å². The first-order chi connectivity index (χ1) is 11.7. The summed E-state index contributed by atoms with van der Waals surface area (Å²) < 4.78 is 16.4. The van der Waals surface area contributed by atoms with Crippen molar-refractivity contribution in [2.75, 3.05) is 53.6 Å². The Labute approximate surface area is 142 Å². The Morgan fingerprint density at radius 2 is 2.12 bits per heavy atom. The highest BCUT2D eigenvalue weighted by atomic mass is 16.5. The lowest BCUT2D eigenvalue weighted by atomic mass is 10.1. The molecule has 0 saturated carbocycles. The molecular formula is C17H23N3O4. The van der Waals surface area contributed by atoms with Gasteiger partial charge in [0.2, 0.25) is 0 Å². The molecule has 0 radical (unpaired) electrons. The summed E-state index contributed by atoms with van der Waals surface area (Å²) in [6.07, 6.45) is 0.860. The summed E-state index contributed by atoms with van der Waals surface area (Å²) in [5.41, 5.74) is 0.538. The fraction of sp³-hybridized carbons (Fsp3) is 0.529. The summed E-state index contributed by atoms with van der Waals surface area (Å²) in [4.78, 5) is 14.2. The number of carbonyl (C=O) groups excluding carboxylic acids is 1. The number of morpholine rings is 1. The van der Waals surface area contributed by atoms with E-state index < -0.39 is 0 Å². The molecule has 1 N–H and O–H groups in total. The number of amides is 1. The molecule has 0 aliphatic carbocycles. The van der Waals surface area contributed by atoms with E-state index in [0.29, 0.717) is 18.1 Å². The van der Waals surface area contributed by atoms with Gasteiger partial charge in [-0.15, -0.1) is 0 Å². The number of hydrogen-bond acceptors (Lipinski definition) is 6. The van der Waals surface area contributed by atoms with Gasteiger partial charge in [0.25, 0.3) is 5.91 Å². The van der Waals surface area contributed by atoms with Crippen LogP contribution in [0.2, 0.25) is 0 Å². The zero-order chi connectivity index (χ0) is 17.4. The maximum Gasteiger partial charge on any atom is 0.252 e. The van der Waals surface area contributed by atoms with E-state index in [1.54, 1.807) is 6.07 Å². The lowest BCUT2D eigenvalue weighted by molar-refractivity contribution is 0.0357. The molecule has 1 aliphatic rings. The van der Waals surface area contributed by atoms with Gasteiger partial charge in [0.1, 0.15) is 6.07 Å². The van der Waals surface area contributed by atoms with Gasteiger partial charge < -0.3 is 19.5 Å². The molecule has 7 heteroatoms. The number of nitrogens with one attached hydrogen (secondary N) is 1. The molecule has 1 aromatic carbocycles. The minimum atomic E-state index is -0.327. The first-order valence-corrected chi connectivity index (χ1v) is 7.96. The average Bonchev–Trinajstić information content (AvgIpc) is 2.64. The number of rotatable bonds is 7. The molecule has 0 bridgehead atoms. The van der Waals surface area contributed by atoms with Gasteiger partial charge >= 0.3 is 0 Å². The molecule has 7 nitrogen and oxygen atoms in total. The van der Waals surface area contributed by atoms with Crippen LogP contribution in [0.5, 0.6) is 11.5 Å². The molecule has 130 valence electrons. The van der Waals surface area contributed by atoms with Crippen LogP contribution >= 0.6 is 0 Å². The van der Waals surface area contributed by atoms with Gasteiger partial charge in [-0.05, 0) is 12.5 Å². The van der Waals surface area contributed by atoms with Gasteiger partial charge in [-0.1, -0.05) is 0 Å². The van der Waals surface area contributed by atoms with Crippen LogP contribution in [0.15, 0.2) is 12.1 Å². The van der Waals surface area contributed by atoms with Crippen molar-refractivity contribution in [3.63, 3.8) is 0 Å². The summed E-state index contributed by atoms with van der Waals surface area (Å²) in [6.45, 7) is 4.89. The highest BCUT2D eigenvalue weighted by molar-refractivity contribution is 5.97. The molecule has 1 heterocycles. The molecule has 0 unspecified atom stereocenters. The SMILES string of the molecule is CNC(=O)c1cc(OCCCN2CCOCC2)c(OC)cc1C#N. The van der Waals surface area contributed by atoms with Crippen molar-refractivity contribution in [1.29, 1.82) is 5.26 Å². The van der Waals surface area contributed by atoms with Crippen molar-refractivity contribution in [2.45, 2.75) is 6.42 Å². The number of nitriles is 1. The summed E-state index contributed by atoms with van der Waals surface area (Å²) in [5.74, 6) is 0.593. The first kappa shape index (κ1) is 18.0. The molecule has 1 saturated heterocycles. The molecule has 2 rings (SSSR count). The molecule has 1 aliphatic heterocycles. The van der Waals surface area contributed by atoms with E-state index in [1.807, 2.05) is 6.07 Å². The van der Waals surface area contributed by atoms with Crippen molar-refractivity contribution < 1.29 is 19.0 Å². The fourth-order valence-corrected chi connectivity index (χ4v) is 2.54. The second-order valence-corrected chi connectivity index (χ2v) is 5.40. The third-order valence-corrected chi connectivity index (χ3v) is 3.88. The third-order valence-electron chi connectivity index (χ3n) is 3.88. The van der Waals surface area contributed by atoms with Crippen LogP contribution in [0.4, 0.5) is 0 Å². The molecule has 0 spiro atoms. The number of nitrogens with zero attached hydrogens (tertiary/aromatic N) is 2. The summed E-state index contributed by atoms with van der Waals surface area (Å²) >= 11 is 0. The number of hydrogen-bond donors (Lipinski definition) is 1. The number of carbonyl (C=O) groups is 1. The highest BCUT2D eigenvalue weighted by Gasteiger charge is 2.16. The van der Waals surface area contributed by atoms with Gasteiger partial charge in [-0.25, -0.2) is 0 Å². The maximum absolute atomic E-state index is 11.9. The summed E-state index contributed by atoms with van der Waals surface area (Å²) in [7, 11) is 3.03. The standard InChI is InChI=1S/C17H23N3O4/c1-19-17(21)14-11-16(15(22-2)10-13(14)12-18)24-7-3-4-20-5-8-23-9-6-20/h10-11H,3-9H2,1-2H3,(H,19,21). The normalized spacial score (nSPS) is 14.7. The van der Waals surface area contributed by atoms with Crippen LogP contribution in [0.25, 0.3) is 0 Å². The molecule has 1 aromatic rings. The van der Waals surface area contributed by atoms with Crippen molar-refractivity contribution in [3.8, 4) is 17.6 Å². The van der Waals surface area contributed by atoms with Crippen LogP contribution < -0.4 is 14.8 Å². The lowest BCUT2D eigenvalue weighted by Crippen LogP contribution is -2.37. The number of ether oxygens (including phenoxy) is 3. The second kappa shape index (κ2) is 9.11. The Balaban J connectivity index is 1.99. The molecule has 0 aromatic heterocycles. The third kappa shape index (κ3) is 4.60. The molecule has 1 amide bonds. The highest BCUT2D eigenvalue weighted by Crippen LogP contribution is 2.30. The smallest absolute Gasteiger partial charge is 0.252 e. The van der Waals surface area contributed by atoms with Crippen molar-refractivity contribution in [3.05, 3.63) is 23.3 Å². The minimum absolute atomic E-state index is 0.256. The number of methoxy groups -OCH3 is 1. The van der Waals surface area contributed by atoms with Crippen LogP contribution in [-0.2, 0) is 4.74 Å². The van der Waals surface area contributed by atoms with Crippen LogP contribution in [0.3, 0.4) is 0 Å². The molecular weight excluding hydrogens is 310 g/mol. The zero-order valence-electron chi connectivity index (χ0n) is 14.1. The van der Waals surface area contributed by atoms with Crippen molar-refractivity contribution in [1.82, 2.24) is 10.2 Å². The van der Waals surface area contributed by atoms with Crippen molar-refractivity contribution >= 4 is 5.91 Å². The zero-order valence-corrected chi connectivity index (χ0v) is 14.1. The Morgan fingerprint density at radius 1 is 1.38 bits per heavy atom. The monoisotopic (exact) mass is 333 g/mol. The lowest BCUT2D eigenvalue weighted by Gasteiger charge is -2.26. The van der Waals surface area contributed by atoms with Gasteiger partial charge in [0.15, 0.2) is 11.5 Å². The second-order valence-electron chi connectivity index (χ2n) is 5.40. The quantitative estimate of drug-likeness (QED) is 0.750. The van der Waals surface area contributed by atoms with E-state index in [1.165, 1.54) is 20.2 Å². The van der Waals surface area contributed by atoms with Crippen LogP contribution in [0.1, 0.15) is 22.3 Å². The van der Waals surface area contributed by atoms with Gasteiger partial charge in [-0.3, -0.25) is 9.69 Å². The maximum atomic E-state index is 11.9. The van der Waals surface area contributed by atoms with E-state index in [-0.39, 0.29) is 17.0 Å². The minimum Gasteiger partial charge on any atom is -0.493 e. The van der Waals surface area contributed by atoms with Crippen molar-refractivity contribution in [2.24, 2.45) is 0 Å². The first-order valence-electron chi connectivity index (χ1n) is 7.96. The van der Waals surface area contributed by atoms with Gasteiger partial charge in [0, 0.05) is 32.7 Å². The van der Waals surface area contributed by atoms with E-state index in [2.05, 4.69) is 10.2 Å². The molecule has 24 heavy (non-hydrogen) atoms. The topological polar surface area (TPSA) is 83.8 Å². The molecule has 1 fully saturated rings. The van der Waals surface area contributed by atoms with Gasteiger partial charge in [0.05, 0.1) is 38.1 Å². The van der Waals surface area contributed by atoms with Gasteiger partial charge in [-0.2, -0.15) is 5.26 Å². The number of benzene rings is 1. The average molecular weight is 333 g/mol. The van der Waals surface area contributed by atoms with E-state index >= 15 is 0 Å². The molecule has 0 atom stereocenters. The summed E-state index contributed by atoms with van der Waals surface area (Å²) in [6, 6.07) is 5.10.